The Morgan fingerprint density at radius 1 is 1.38 bits per heavy atom. The van der Waals surface area contributed by atoms with Crippen LogP contribution >= 0.6 is 0 Å². The van der Waals surface area contributed by atoms with Crippen molar-refractivity contribution in [2.75, 3.05) is 7.05 Å². The second-order valence-electron chi connectivity index (χ2n) is 6.46. The summed E-state index contributed by atoms with van der Waals surface area (Å²) in [5, 5.41) is 26.5. The van der Waals surface area contributed by atoms with Gasteiger partial charge >= 0.3 is 13.2 Å². The molecule has 128 valence electrons. The van der Waals surface area contributed by atoms with Crippen molar-refractivity contribution in [3.8, 4) is 5.69 Å². The molecule has 1 amide bonds. The van der Waals surface area contributed by atoms with Gasteiger partial charge in [0.05, 0.1) is 18.4 Å². The molecule has 2 aromatic rings. The van der Waals surface area contributed by atoms with Crippen LogP contribution in [0.15, 0.2) is 30.5 Å². The van der Waals surface area contributed by atoms with E-state index < -0.39 is 18.8 Å². The van der Waals surface area contributed by atoms with Crippen LogP contribution < -0.4 is 5.46 Å². The number of hydrogen-bond acceptors (Lipinski definition) is 6. The van der Waals surface area contributed by atoms with Gasteiger partial charge in [0.25, 0.3) is 0 Å². The molecule has 2 rings (SSSR count). The number of ether oxygens (including phenoxy) is 1. The molecule has 1 heterocycles. The summed E-state index contributed by atoms with van der Waals surface area (Å²) in [6.07, 6.45) is 1.23. The fourth-order valence-electron chi connectivity index (χ4n) is 1.97. The molecule has 0 aliphatic heterocycles. The van der Waals surface area contributed by atoms with Crippen molar-refractivity contribution in [1.29, 1.82) is 0 Å². The van der Waals surface area contributed by atoms with E-state index in [0.717, 1.165) is 0 Å². The molecule has 0 fully saturated rings. The maximum absolute atomic E-state index is 12.0. The Balaban J connectivity index is 2.08. The molecule has 0 aliphatic rings. The molecule has 0 saturated heterocycles. The molecule has 0 saturated carbocycles. The molecule has 0 atom stereocenters. The van der Waals surface area contributed by atoms with Crippen molar-refractivity contribution in [3.05, 3.63) is 36.2 Å². The van der Waals surface area contributed by atoms with Gasteiger partial charge in [-0.05, 0) is 38.4 Å². The number of carbonyl (C=O) groups excluding carboxylic acids is 1. The number of benzene rings is 1. The Morgan fingerprint density at radius 3 is 2.71 bits per heavy atom. The van der Waals surface area contributed by atoms with Crippen LogP contribution in [0.4, 0.5) is 4.79 Å². The molecule has 0 radical (unpaired) electrons. The molecule has 8 nitrogen and oxygen atoms in total. The van der Waals surface area contributed by atoms with E-state index in [-0.39, 0.29) is 6.54 Å². The Bertz CT molecular complexity index is 711. The zero-order valence-electron chi connectivity index (χ0n) is 14.2. The third kappa shape index (κ3) is 4.80. The summed E-state index contributed by atoms with van der Waals surface area (Å²) in [6, 6.07) is 6.66. The number of hydrogen-bond donors (Lipinski definition) is 2. The summed E-state index contributed by atoms with van der Waals surface area (Å²) in [4.78, 5) is 13.4. The molecule has 24 heavy (non-hydrogen) atoms. The SMILES string of the molecule is CN(Cc1cn(-c2cccc(B(O)O)c2)nn1)C(=O)OC(C)(C)C. The van der Waals surface area contributed by atoms with Crippen molar-refractivity contribution < 1.29 is 19.6 Å². The molecule has 1 aromatic heterocycles. The molecule has 0 bridgehead atoms. The highest BCUT2D eigenvalue weighted by Gasteiger charge is 2.20. The van der Waals surface area contributed by atoms with Crippen molar-refractivity contribution in [3.63, 3.8) is 0 Å². The molecular weight excluding hydrogens is 311 g/mol. The lowest BCUT2D eigenvalue weighted by molar-refractivity contribution is 0.0283. The first kappa shape index (κ1) is 18.0. The molecule has 1 aromatic carbocycles. The zero-order chi connectivity index (χ0) is 17.9. The fraction of sp³-hybridized carbons (Fsp3) is 0.400. The Hall–Kier alpha value is -2.39. The van der Waals surface area contributed by atoms with E-state index in [2.05, 4.69) is 10.3 Å². The monoisotopic (exact) mass is 332 g/mol. The third-order valence-electron chi connectivity index (χ3n) is 3.08. The van der Waals surface area contributed by atoms with E-state index in [1.54, 1.807) is 58.3 Å². The number of amides is 1. The Morgan fingerprint density at radius 2 is 2.08 bits per heavy atom. The number of nitrogens with zero attached hydrogens (tertiary/aromatic N) is 4. The van der Waals surface area contributed by atoms with Gasteiger partial charge in [0, 0.05) is 7.05 Å². The summed E-state index contributed by atoms with van der Waals surface area (Å²) in [5.41, 5.74) is 1.02. The van der Waals surface area contributed by atoms with Crippen LogP contribution in [0.1, 0.15) is 26.5 Å². The predicted octanol–water partition coefficient (Wildman–Crippen LogP) is 0.314. The van der Waals surface area contributed by atoms with Gasteiger partial charge in [-0.3, -0.25) is 0 Å². The van der Waals surface area contributed by atoms with E-state index in [0.29, 0.717) is 16.8 Å². The van der Waals surface area contributed by atoms with Crippen LogP contribution in [0, 0.1) is 0 Å². The summed E-state index contributed by atoms with van der Waals surface area (Å²) >= 11 is 0. The molecule has 2 N–H and O–H groups in total. The van der Waals surface area contributed by atoms with Crippen LogP contribution in [0.2, 0.25) is 0 Å². The quantitative estimate of drug-likeness (QED) is 0.782. The van der Waals surface area contributed by atoms with Crippen LogP contribution in [-0.2, 0) is 11.3 Å². The lowest BCUT2D eigenvalue weighted by Crippen LogP contribution is -2.33. The van der Waals surface area contributed by atoms with Crippen molar-refractivity contribution >= 4 is 18.7 Å². The maximum Gasteiger partial charge on any atom is 0.488 e. The van der Waals surface area contributed by atoms with Gasteiger partial charge in [0.1, 0.15) is 11.3 Å². The van der Waals surface area contributed by atoms with Gasteiger partial charge in [0.2, 0.25) is 0 Å². The number of carbonyl (C=O) groups is 1. The molecule has 9 heteroatoms. The Kier molecular flexibility index (Phi) is 5.25. The van der Waals surface area contributed by atoms with Crippen molar-refractivity contribution in [2.45, 2.75) is 32.9 Å². The summed E-state index contributed by atoms with van der Waals surface area (Å²) in [6.45, 7) is 5.66. The lowest BCUT2D eigenvalue weighted by Gasteiger charge is -2.24. The van der Waals surface area contributed by atoms with Gasteiger partial charge in [-0.25, -0.2) is 9.48 Å². The summed E-state index contributed by atoms with van der Waals surface area (Å²) < 4.78 is 6.79. The van der Waals surface area contributed by atoms with Crippen LogP contribution in [0.5, 0.6) is 0 Å². The van der Waals surface area contributed by atoms with Crippen molar-refractivity contribution in [2.24, 2.45) is 0 Å². The standard InChI is InChI=1S/C15H21BN4O4/c1-15(2,3)24-14(21)19(4)9-12-10-20(18-17-12)13-7-5-6-11(8-13)16(22)23/h5-8,10,22-23H,9H2,1-4H3. The van der Waals surface area contributed by atoms with Gasteiger partial charge < -0.3 is 19.7 Å². The summed E-state index contributed by atoms with van der Waals surface area (Å²) in [7, 11) is 0.0711. The van der Waals surface area contributed by atoms with E-state index in [1.807, 2.05) is 0 Å². The van der Waals surface area contributed by atoms with Gasteiger partial charge in [-0.15, -0.1) is 5.10 Å². The zero-order valence-corrected chi connectivity index (χ0v) is 14.2. The maximum atomic E-state index is 12.0. The van der Waals surface area contributed by atoms with Gasteiger partial charge in [-0.2, -0.15) is 0 Å². The fourth-order valence-corrected chi connectivity index (χ4v) is 1.97. The van der Waals surface area contributed by atoms with Gasteiger partial charge in [0.15, 0.2) is 0 Å². The highest BCUT2D eigenvalue weighted by atomic mass is 16.6. The van der Waals surface area contributed by atoms with E-state index in [1.165, 1.54) is 9.58 Å². The van der Waals surface area contributed by atoms with E-state index >= 15 is 0 Å². The molecule has 0 unspecified atom stereocenters. The predicted molar refractivity (Wildman–Crippen MR) is 88.9 cm³/mol. The van der Waals surface area contributed by atoms with Crippen molar-refractivity contribution in [1.82, 2.24) is 19.9 Å². The highest BCUT2D eigenvalue weighted by Crippen LogP contribution is 2.11. The topological polar surface area (TPSA) is 101 Å². The van der Waals surface area contributed by atoms with Gasteiger partial charge in [-0.1, -0.05) is 17.3 Å². The average molecular weight is 332 g/mol. The minimum absolute atomic E-state index is 0.247. The molecule has 0 aliphatic carbocycles. The first-order valence-corrected chi connectivity index (χ1v) is 7.47. The van der Waals surface area contributed by atoms with E-state index in [9.17, 15) is 14.8 Å². The number of rotatable bonds is 4. The second-order valence-corrected chi connectivity index (χ2v) is 6.46. The first-order chi connectivity index (χ1) is 11.2. The van der Waals surface area contributed by atoms with E-state index in [4.69, 9.17) is 4.74 Å². The summed E-state index contributed by atoms with van der Waals surface area (Å²) in [5.74, 6) is 0. The molecule has 0 spiro atoms. The Labute approximate surface area is 140 Å². The smallest absolute Gasteiger partial charge is 0.444 e. The van der Waals surface area contributed by atoms with Crippen LogP contribution in [-0.4, -0.2) is 55.8 Å². The van der Waals surface area contributed by atoms with Crippen LogP contribution in [0.25, 0.3) is 5.69 Å². The third-order valence-corrected chi connectivity index (χ3v) is 3.08. The average Bonchev–Trinajstić information content (AvgIpc) is 2.94. The number of aromatic nitrogens is 3. The molecular formula is C15H21BN4O4. The first-order valence-electron chi connectivity index (χ1n) is 7.47. The minimum atomic E-state index is -1.55. The largest absolute Gasteiger partial charge is 0.488 e. The normalized spacial score (nSPS) is 11.2. The lowest BCUT2D eigenvalue weighted by atomic mass is 9.80. The van der Waals surface area contributed by atoms with Crippen LogP contribution in [0.3, 0.4) is 0 Å². The highest BCUT2D eigenvalue weighted by molar-refractivity contribution is 6.58. The second kappa shape index (κ2) is 7.02. The minimum Gasteiger partial charge on any atom is -0.444 e.